The number of hydrogen-bond donors (Lipinski definition) is 0. The molecule has 0 unspecified atom stereocenters. The van der Waals surface area contributed by atoms with E-state index >= 15 is 0 Å². The van der Waals surface area contributed by atoms with Gasteiger partial charge in [-0.25, -0.2) is 0 Å². The molecule has 0 saturated heterocycles. The summed E-state index contributed by atoms with van der Waals surface area (Å²) in [5.41, 5.74) is 11.8. The zero-order chi connectivity index (χ0) is 51.8. The first kappa shape index (κ1) is 46.3. The molecular formula is C76H52N2. The van der Waals surface area contributed by atoms with E-state index in [0.29, 0.717) is 0 Å². The monoisotopic (exact) mass is 992 g/mol. The number of nitrogens with zero attached hydrogens (tertiary/aromatic N) is 2. The highest BCUT2D eigenvalue weighted by Crippen LogP contribution is 2.44. The Morgan fingerprint density at radius 3 is 1.06 bits per heavy atom. The maximum atomic E-state index is 2.40. The highest BCUT2D eigenvalue weighted by molar-refractivity contribution is 6.10. The second-order valence-electron chi connectivity index (χ2n) is 20.1. The van der Waals surface area contributed by atoms with Crippen LogP contribution in [0.3, 0.4) is 0 Å². The summed E-state index contributed by atoms with van der Waals surface area (Å²) < 4.78 is 0. The molecule has 0 amide bonds. The molecule has 366 valence electrons. The van der Waals surface area contributed by atoms with Crippen LogP contribution in [0, 0.1) is 0 Å². The molecule has 2 heteroatoms. The first-order valence-electron chi connectivity index (χ1n) is 26.8. The lowest BCUT2D eigenvalue weighted by Crippen LogP contribution is -2.11. The quantitative estimate of drug-likeness (QED) is 0.140. The van der Waals surface area contributed by atoms with E-state index in [0.717, 1.165) is 22.7 Å². The third kappa shape index (κ3) is 8.72. The Morgan fingerprint density at radius 2 is 0.487 bits per heavy atom. The van der Waals surface area contributed by atoms with Crippen LogP contribution in [0.5, 0.6) is 0 Å². The van der Waals surface area contributed by atoms with Gasteiger partial charge in [-0.05, 0) is 154 Å². The lowest BCUT2D eigenvalue weighted by atomic mass is 9.97. The third-order valence-electron chi connectivity index (χ3n) is 15.4. The zero-order valence-corrected chi connectivity index (χ0v) is 42.9. The maximum absolute atomic E-state index is 2.40. The van der Waals surface area contributed by atoms with Crippen LogP contribution in [-0.2, 0) is 0 Å². The molecule has 0 aliphatic rings. The maximum Gasteiger partial charge on any atom is 0.0540 e. The highest BCUT2D eigenvalue weighted by atomic mass is 15.1. The van der Waals surface area contributed by atoms with Gasteiger partial charge in [0.2, 0.25) is 0 Å². The average Bonchev–Trinajstić information content (AvgIpc) is 3.64. The predicted octanol–water partition coefficient (Wildman–Crippen LogP) is 21.7. The molecule has 0 atom stereocenters. The van der Waals surface area contributed by atoms with Crippen molar-refractivity contribution >= 4 is 110 Å². The molecule has 78 heavy (non-hydrogen) atoms. The molecule has 0 radical (unpaired) electrons. The van der Waals surface area contributed by atoms with Gasteiger partial charge in [0.1, 0.15) is 0 Å². The van der Waals surface area contributed by atoms with E-state index in [2.05, 4.69) is 325 Å². The number of fused-ring (bicyclic) bond motifs is 9. The SMILES string of the molecule is c1ccc(-c2ccc(N(c3ccc4ccccc4c3)c3ccc4c(ccc5ccccc54)c3)cc2)cc1.c1ccc2c(N(c3ccc(-c4ccc5c(ccc6ccccc65)c4)cc3)c3cccc4ccccc34)cccc2c1. The van der Waals surface area contributed by atoms with Crippen LogP contribution in [0.1, 0.15) is 0 Å². The van der Waals surface area contributed by atoms with Crippen molar-refractivity contribution in [2.24, 2.45) is 0 Å². The minimum Gasteiger partial charge on any atom is -0.310 e. The molecule has 15 aromatic rings. The number of benzene rings is 15. The fourth-order valence-electron chi connectivity index (χ4n) is 11.5. The minimum atomic E-state index is 1.13. The van der Waals surface area contributed by atoms with Gasteiger partial charge in [-0.2, -0.15) is 0 Å². The van der Waals surface area contributed by atoms with Crippen LogP contribution < -0.4 is 9.80 Å². The Balaban J connectivity index is 0.000000142. The van der Waals surface area contributed by atoms with Crippen molar-refractivity contribution in [1.82, 2.24) is 0 Å². The lowest BCUT2D eigenvalue weighted by molar-refractivity contribution is 1.29. The van der Waals surface area contributed by atoms with Crippen molar-refractivity contribution in [3.8, 4) is 22.3 Å². The molecule has 0 bridgehead atoms. The molecular weight excluding hydrogens is 941 g/mol. The van der Waals surface area contributed by atoms with Gasteiger partial charge in [0.05, 0.1) is 11.4 Å². The highest BCUT2D eigenvalue weighted by Gasteiger charge is 2.19. The van der Waals surface area contributed by atoms with Crippen LogP contribution >= 0.6 is 0 Å². The topological polar surface area (TPSA) is 6.48 Å². The molecule has 0 aliphatic heterocycles. The van der Waals surface area contributed by atoms with Crippen LogP contribution in [-0.4, -0.2) is 0 Å². The van der Waals surface area contributed by atoms with Crippen molar-refractivity contribution in [1.29, 1.82) is 0 Å². The predicted molar refractivity (Wildman–Crippen MR) is 336 cm³/mol. The van der Waals surface area contributed by atoms with Gasteiger partial charge in [-0.3, -0.25) is 0 Å². The first-order chi connectivity index (χ1) is 38.7. The van der Waals surface area contributed by atoms with Crippen LogP contribution in [0.2, 0.25) is 0 Å². The van der Waals surface area contributed by atoms with Crippen molar-refractivity contribution < 1.29 is 0 Å². The van der Waals surface area contributed by atoms with Gasteiger partial charge in [-0.15, -0.1) is 0 Å². The summed E-state index contributed by atoms with van der Waals surface area (Å²) in [6.07, 6.45) is 0. The Labute approximate surface area is 454 Å². The number of hydrogen-bond acceptors (Lipinski definition) is 2. The second kappa shape index (κ2) is 20.1. The second-order valence-corrected chi connectivity index (χ2v) is 20.1. The summed E-state index contributed by atoms with van der Waals surface area (Å²) in [5, 5.41) is 17.6. The average molecular weight is 993 g/mol. The molecule has 0 aliphatic carbocycles. The van der Waals surface area contributed by atoms with Crippen LogP contribution in [0.15, 0.2) is 315 Å². The van der Waals surface area contributed by atoms with Crippen molar-refractivity contribution in [3.05, 3.63) is 315 Å². The van der Waals surface area contributed by atoms with E-state index in [1.807, 2.05) is 0 Å². The lowest BCUT2D eigenvalue weighted by Gasteiger charge is -2.28. The molecule has 0 saturated carbocycles. The Kier molecular flexibility index (Phi) is 11.9. The van der Waals surface area contributed by atoms with E-state index in [1.165, 1.54) is 109 Å². The van der Waals surface area contributed by atoms with E-state index in [4.69, 9.17) is 0 Å². The zero-order valence-electron chi connectivity index (χ0n) is 42.9. The first-order valence-corrected chi connectivity index (χ1v) is 26.8. The van der Waals surface area contributed by atoms with E-state index in [-0.39, 0.29) is 0 Å². The summed E-state index contributed by atoms with van der Waals surface area (Å²) in [6.45, 7) is 0. The Morgan fingerprint density at radius 1 is 0.154 bits per heavy atom. The van der Waals surface area contributed by atoms with Gasteiger partial charge in [0, 0.05) is 33.5 Å². The van der Waals surface area contributed by atoms with Gasteiger partial charge in [-0.1, -0.05) is 249 Å². The van der Waals surface area contributed by atoms with Crippen molar-refractivity contribution in [2.45, 2.75) is 0 Å². The summed E-state index contributed by atoms with van der Waals surface area (Å²) in [5.74, 6) is 0. The number of anilines is 6. The molecule has 0 fully saturated rings. The van der Waals surface area contributed by atoms with Crippen molar-refractivity contribution in [2.75, 3.05) is 9.80 Å². The van der Waals surface area contributed by atoms with Crippen LogP contribution in [0.25, 0.3) is 97.7 Å². The van der Waals surface area contributed by atoms with E-state index in [1.54, 1.807) is 0 Å². The van der Waals surface area contributed by atoms with E-state index in [9.17, 15) is 0 Å². The fourth-order valence-corrected chi connectivity index (χ4v) is 11.5. The molecule has 0 heterocycles. The van der Waals surface area contributed by atoms with Gasteiger partial charge in [0.15, 0.2) is 0 Å². The summed E-state index contributed by atoms with van der Waals surface area (Å²) in [4.78, 5) is 4.76. The molecule has 0 aromatic heterocycles. The smallest absolute Gasteiger partial charge is 0.0540 e. The summed E-state index contributed by atoms with van der Waals surface area (Å²) in [7, 11) is 0. The largest absolute Gasteiger partial charge is 0.310 e. The molecule has 2 nitrogen and oxygen atoms in total. The summed E-state index contributed by atoms with van der Waals surface area (Å²) >= 11 is 0. The minimum absolute atomic E-state index is 1.13. The third-order valence-corrected chi connectivity index (χ3v) is 15.4. The van der Waals surface area contributed by atoms with Crippen molar-refractivity contribution in [3.63, 3.8) is 0 Å². The molecule has 0 spiro atoms. The molecule has 15 rings (SSSR count). The van der Waals surface area contributed by atoms with Gasteiger partial charge < -0.3 is 9.80 Å². The Bertz CT molecular complexity index is 4590. The molecule has 0 N–H and O–H groups in total. The van der Waals surface area contributed by atoms with Crippen LogP contribution in [0.4, 0.5) is 34.1 Å². The standard InChI is InChI=1S/C40H27N.C36H25N/c1-4-14-35-31(11-1)19-20-33-27-32(23-26-36(33)35)28-21-24-34(25-22-28)41(39-17-7-12-29-9-2-5-15-37(29)39)40-18-8-13-30-10-3-6-16-38(30)40;1-2-8-26(9-3-1)28-16-19-32(20-17-28)37(33-21-18-27-10-4-5-12-30(27)24-33)34-22-23-36-31(25-34)15-14-29-11-6-7-13-35(29)36/h1-27H;1-25H. The normalized spacial score (nSPS) is 11.3. The molecule has 15 aromatic carbocycles. The summed E-state index contributed by atoms with van der Waals surface area (Å²) in [6, 6.07) is 114. The van der Waals surface area contributed by atoms with E-state index < -0.39 is 0 Å². The van der Waals surface area contributed by atoms with Gasteiger partial charge in [0.25, 0.3) is 0 Å². The number of rotatable bonds is 8. The van der Waals surface area contributed by atoms with Gasteiger partial charge >= 0.3 is 0 Å². The Hall–Kier alpha value is -10.3. The fraction of sp³-hybridized carbons (Fsp3) is 0.